The lowest BCUT2D eigenvalue weighted by Gasteiger charge is -2.18. The summed E-state index contributed by atoms with van der Waals surface area (Å²) in [5.74, 6) is 0.393. The van der Waals surface area contributed by atoms with Crippen molar-refractivity contribution in [2.24, 2.45) is 0 Å². The van der Waals surface area contributed by atoms with E-state index < -0.39 is 6.09 Å². The van der Waals surface area contributed by atoms with Crippen molar-refractivity contribution in [3.05, 3.63) is 0 Å². The fourth-order valence-electron chi connectivity index (χ4n) is 0.609. The Bertz CT molecular complexity index is 239. The van der Waals surface area contributed by atoms with E-state index in [1.165, 1.54) is 25.9 Å². The molecule has 0 fully saturated rings. The summed E-state index contributed by atoms with van der Waals surface area (Å²) in [6.45, 7) is 2.83. The van der Waals surface area contributed by atoms with Gasteiger partial charge in [0, 0.05) is 13.8 Å². The van der Waals surface area contributed by atoms with Gasteiger partial charge < -0.3 is 4.74 Å². The van der Waals surface area contributed by atoms with Crippen LogP contribution in [0.15, 0.2) is 0 Å². The van der Waals surface area contributed by atoms with Crippen molar-refractivity contribution in [1.29, 1.82) is 0 Å². The Hall–Kier alpha value is -0.690. The van der Waals surface area contributed by atoms with Crippen LogP contribution in [-0.4, -0.2) is 40.1 Å². The third-order valence-electron chi connectivity index (χ3n) is 1.28. The predicted molar refractivity (Wildman–Crippen MR) is 60.5 cm³/mol. The number of amides is 1. The number of carbonyl (C=O) groups is 3. The molecule has 0 saturated carbocycles. The van der Waals surface area contributed by atoms with E-state index in [1.54, 1.807) is 0 Å². The summed E-state index contributed by atoms with van der Waals surface area (Å²) in [5, 5.41) is -0.173. The van der Waals surface area contributed by atoms with Gasteiger partial charge >= 0.3 is 6.09 Å². The van der Waals surface area contributed by atoms with Gasteiger partial charge in [-0.05, 0) is 0 Å². The Labute approximate surface area is 96.9 Å². The minimum absolute atomic E-state index is 0.0864. The molecule has 7 heteroatoms. The van der Waals surface area contributed by atoms with Crippen LogP contribution in [0.5, 0.6) is 0 Å². The predicted octanol–water partition coefficient (Wildman–Crippen LogP) is 1.53. The molecular weight excluding hydrogens is 238 g/mol. The highest BCUT2D eigenvalue weighted by molar-refractivity contribution is 8.14. The fourth-order valence-corrected chi connectivity index (χ4v) is 1.79. The molecule has 0 spiro atoms. The molecule has 0 saturated heterocycles. The molecule has 86 valence electrons. The van der Waals surface area contributed by atoms with Gasteiger partial charge in [0.15, 0.2) is 10.2 Å². The molecule has 0 bridgehead atoms. The van der Waals surface area contributed by atoms with Crippen LogP contribution in [0.2, 0.25) is 0 Å². The van der Waals surface area contributed by atoms with Crippen molar-refractivity contribution >= 4 is 39.8 Å². The Morgan fingerprint density at radius 1 is 1.07 bits per heavy atom. The first-order chi connectivity index (χ1) is 6.97. The molecule has 0 aliphatic rings. The monoisotopic (exact) mass is 251 g/mol. The van der Waals surface area contributed by atoms with E-state index in [9.17, 15) is 14.4 Å². The highest BCUT2D eigenvalue weighted by Gasteiger charge is 2.15. The smallest absolute Gasteiger partial charge is 0.410 e. The average Bonchev–Trinajstić information content (AvgIpc) is 2.16. The first-order valence-corrected chi connectivity index (χ1v) is 6.04. The lowest BCUT2D eigenvalue weighted by Crippen LogP contribution is -2.31. The molecule has 0 aromatic heterocycles. The minimum Gasteiger partial charge on any atom is -0.453 e. The van der Waals surface area contributed by atoms with Gasteiger partial charge in [-0.15, -0.1) is 0 Å². The second-order valence-electron chi connectivity index (χ2n) is 2.54. The third kappa shape index (κ3) is 7.26. The van der Waals surface area contributed by atoms with E-state index in [0.29, 0.717) is 0 Å². The van der Waals surface area contributed by atoms with Crippen molar-refractivity contribution in [3.8, 4) is 0 Å². The summed E-state index contributed by atoms with van der Waals surface area (Å²) in [4.78, 5) is 33.9. The van der Waals surface area contributed by atoms with Crippen LogP contribution < -0.4 is 0 Å². The summed E-state index contributed by atoms with van der Waals surface area (Å²) in [5.41, 5.74) is 0. The zero-order valence-corrected chi connectivity index (χ0v) is 10.4. The first kappa shape index (κ1) is 14.3. The molecule has 5 nitrogen and oxygen atoms in total. The van der Waals surface area contributed by atoms with Gasteiger partial charge in [0.25, 0.3) is 0 Å². The van der Waals surface area contributed by atoms with Gasteiger partial charge in [0.2, 0.25) is 0 Å². The Kier molecular flexibility index (Phi) is 7.23. The van der Waals surface area contributed by atoms with Crippen molar-refractivity contribution in [2.45, 2.75) is 13.8 Å². The maximum atomic E-state index is 11.2. The molecule has 0 atom stereocenters. The number of nitrogens with zero attached hydrogens (tertiary/aromatic N) is 1. The number of hydrogen-bond acceptors (Lipinski definition) is 6. The van der Waals surface area contributed by atoms with Crippen molar-refractivity contribution in [3.63, 3.8) is 0 Å². The van der Waals surface area contributed by atoms with Gasteiger partial charge in [-0.1, -0.05) is 23.5 Å². The molecule has 0 aliphatic carbocycles. The molecule has 0 radical (unpaired) electrons. The average molecular weight is 251 g/mol. The summed E-state index contributed by atoms with van der Waals surface area (Å²) in [6, 6.07) is 0. The van der Waals surface area contributed by atoms with Crippen LogP contribution in [0, 0.1) is 0 Å². The molecule has 15 heavy (non-hydrogen) atoms. The molecule has 1 amide bonds. The lowest BCUT2D eigenvalue weighted by atomic mass is 10.9. The third-order valence-corrected chi connectivity index (χ3v) is 2.97. The van der Waals surface area contributed by atoms with E-state index >= 15 is 0 Å². The van der Waals surface area contributed by atoms with Gasteiger partial charge in [-0.25, -0.2) is 4.79 Å². The summed E-state index contributed by atoms with van der Waals surface area (Å²) >= 11 is 1.99. The zero-order chi connectivity index (χ0) is 11.8. The highest BCUT2D eigenvalue weighted by Crippen LogP contribution is 2.11. The van der Waals surface area contributed by atoms with Crippen LogP contribution in [0.25, 0.3) is 0 Å². The normalized spacial score (nSPS) is 9.53. The van der Waals surface area contributed by atoms with E-state index in [2.05, 4.69) is 4.74 Å². The summed E-state index contributed by atoms with van der Waals surface area (Å²) < 4.78 is 4.51. The molecule has 0 aromatic carbocycles. The van der Waals surface area contributed by atoms with Gasteiger partial charge in [-0.3, -0.25) is 14.5 Å². The number of hydrogen-bond donors (Lipinski definition) is 0. The molecule has 0 N–H and O–H groups in total. The molecule has 0 heterocycles. The number of rotatable bonds is 4. The molecule has 0 unspecified atom stereocenters. The fraction of sp³-hybridized carbons (Fsp3) is 0.625. The second kappa shape index (κ2) is 7.58. The number of carbonyl (C=O) groups excluding carboxylic acids is 3. The first-order valence-electron chi connectivity index (χ1n) is 4.07. The lowest BCUT2D eigenvalue weighted by molar-refractivity contribution is -0.109. The molecule has 0 aromatic rings. The second-order valence-corrected chi connectivity index (χ2v) is 4.78. The van der Waals surface area contributed by atoms with Crippen molar-refractivity contribution in [2.75, 3.05) is 18.9 Å². The minimum atomic E-state index is -0.544. The van der Waals surface area contributed by atoms with Crippen molar-refractivity contribution < 1.29 is 19.1 Å². The number of thioether (sulfide) groups is 2. The SMILES string of the molecule is COC(=O)N(CSC(C)=O)CSC(C)=O. The van der Waals surface area contributed by atoms with Crippen LogP contribution in [0.1, 0.15) is 13.8 Å². The number of ether oxygens (including phenoxy) is 1. The van der Waals surface area contributed by atoms with E-state index in [0.717, 1.165) is 23.5 Å². The van der Waals surface area contributed by atoms with Crippen LogP contribution >= 0.6 is 23.5 Å². The maximum absolute atomic E-state index is 11.2. The van der Waals surface area contributed by atoms with Gasteiger partial charge in [-0.2, -0.15) is 0 Å². The Morgan fingerprint density at radius 2 is 1.47 bits per heavy atom. The summed E-state index contributed by atoms with van der Waals surface area (Å²) in [6.07, 6.45) is -0.544. The standard InChI is InChI=1S/C8H13NO4S2/c1-6(10)14-4-9(8(12)13-3)5-15-7(2)11/h4-5H2,1-3H3. The van der Waals surface area contributed by atoms with Crippen LogP contribution in [-0.2, 0) is 14.3 Å². The Morgan fingerprint density at radius 3 is 1.73 bits per heavy atom. The highest BCUT2D eigenvalue weighted by atomic mass is 32.2. The van der Waals surface area contributed by atoms with E-state index in [4.69, 9.17) is 0 Å². The van der Waals surface area contributed by atoms with Gasteiger partial charge in [0.1, 0.15) is 0 Å². The maximum Gasteiger partial charge on any atom is 0.410 e. The molecular formula is C8H13NO4S2. The number of methoxy groups -OCH3 is 1. The van der Waals surface area contributed by atoms with Crippen molar-refractivity contribution in [1.82, 2.24) is 4.90 Å². The van der Waals surface area contributed by atoms with E-state index in [1.807, 2.05) is 0 Å². The molecule has 0 rings (SSSR count). The van der Waals surface area contributed by atoms with Gasteiger partial charge in [0.05, 0.1) is 18.9 Å². The van der Waals surface area contributed by atoms with Crippen LogP contribution in [0.4, 0.5) is 4.79 Å². The zero-order valence-electron chi connectivity index (χ0n) is 8.81. The quantitative estimate of drug-likeness (QED) is 0.706. The van der Waals surface area contributed by atoms with E-state index in [-0.39, 0.29) is 22.0 Å². The summed E-state index contributed by atoms with van der Waals surface area (Å²) in [7, 11) is 1.26. The Balaban J connectivity index is 4.12. The largest absolute Gasteiger partial charge is 0.453 e. The van der Waals surface area contributed by atoms with Crippen LogP contribution in [0.3, 0.4) is 0 Å². The molecule has 0 aliphatic heterocycles. The topological polar surface area (TPSA) is 63.7 Å².